The van der Waals surface area contributed by atoms with Gasteiger partial charge in [-0.3, -0.25) is 6.08 Å². The van der Waals surface area contributed by atoms with E-state index in [9.17, 15) is 0 Å². The second kappa shape index (κ2) is 14.8. The zero-order valence-corrected chi connectivity index (χ0v) is 27.9. The van der Waals surface area contributed by atoms with Gasteiger partial charge in [-0.1, -0.05) is 29.4 Å². The predicted octanol–water partition coefficient (Wildman–Crippen LogP) is 5.11. The second-order valence-electron chi connectivity index (χ2n) is 5.97. The van der Waals surface area contributed by atoms with E-state index < -0.39 is 0 Å². The molecule has 0 atom stereocenters. The maximum Gasteiger partial charge on any atom is 0 e. The molecule has 0 heterocycles. The third-order valence-corrected chi connectivity index (χ3v) is 4.61. The van der Waals surface area contributed by atoms with Crippen LogP contribution >= 0.6 is 0 Å². The predicted molar refractivity (Wildman–Crippen MR) is 90.7 cm³/mol. The Morgan fingerprint density at radius 2 is 1.67 bits per heavy atom. The van der Waals surface area contributed by atoms with Gasteiger partial charge in [0.15, 0.2) is 0 Å². The van der Waals surface area contributed by atoms with Crippen LogP contribution in [0.4, 0.5) is 0 Å². The summed E-state index contributed by atoms with van der Waals surface area (Å²) in [6.45, 7) is 5.36. The van der Waals surface area contributed by atoms with E-state index in [-0.39, 0.29) is 126 Å². The molecule has 3 radical (unpaired) electrons. The van der Waals surface area contributed by atoms with Crippen LogP contribution in [-0.2, 0) is 133 Å². The molecule has 4 aliphatic carbocycles. The molecule has 131 valence electrons. The molecule has 4 aliphatic rings. The third-order valence-electron chi connectivity index (χ3n) is 4.61. The Kier molecular flexibility index (Phi) is 17.0. The first-order valence-electron chi connectivity index (χ1n) is 7.79. The van der Waals surface area contributed by atoms with Crippen LogP contribution in [0.15, 0.2) is 70.9 Å². The molecule has 0 spiro atoms. The van der Waals surface area contributed by atoms with Gasteiger partial charge in [-0.05, 0) is 19.3 Å². The summed E-state index contributed by atoms with van der Waals surface area (Å²) < 4.78 is 0. The van der Waals surface area contributed by atoms with Crippen molar-refractivity contribution in [1.29, 1.82) is 0 Å². The minimum absolute atomic E-state index is 0. The fourth-order valence-electron chi connectivity index (χ4n) is 3.49. The van der Waals surface area contributed by atoms with Crippen LogP contribution in [-0.4, -0.2) is 0 Å². The maximum atomic E-state index is 5.36. The molecule has 0 saturated heterocycles. The molecule has 1 aromatic carbocycles. The average Bonchev–Trinajstić information content (AvgIpc) is 3.27. The van der Waals surface area contributed by atoms with E-state index in [0.29, 0.717) is 0 Å². The molecule has 0 nitrogen and oxygen atoms in total. The van der Waals surface area contributed by atoms with Gasteiger partial charge in [0.2, 0.25) is 0 Å². The van der Waals surface area contributed by atoms with E-state index in [0.717, 1.165) is 31.3 Å². The Morgan fingerprint density at radius 3 is 2.37 bits per heavy atom. The number of rotatable bonds is 1. The minimum Gasteiger partial charge on any atom is -0.361 e. The Labute approximate surface area is 254 Å². The second-order valence-corrected chi connectivity index (χ2v) is 5.97. The molecule has 0 aliphatic heterocycles. The van der Waals surface area contributed by atoms with Crippen molar-refractivity contribution in [1.82, 2.24) is 0 Å². The van der Waals surface area contributed by atoms with Gasteiger partial charge in [-0.25, -0.2) is 0 Å². The van der Waals surface area contributed by atoms with Crippen molar-refractivity contribution in [3.8, 4) is 0 Å². The quantitative estimate of drug-likeness (QED) is 0.345. The zero-order chi connectivity index (χ0) is 14.9. The molecule has 1 aromatic rings. The normalized spacial score (nSPS) is 16.1. The van der Waals surface area contributed by atoms with E-state index in [1.54, 1.807) is 6.08 Å². The first-order valence-corrected chi connectivity index (χ1v) is 7.79. The van der Waals surface area contributed by atoms with Crippen LogP contribution in [0.2, 0.25) is 0 Å². The molecule has 0 N–H and O–H groups in total. The first kappa shape index (κ1) is 31.0. The van der Waals surface area contributed by atoms with Gasteiger partial charge in [0.25, 0.3) is 0 Å². The molecule has 5 heteroatoms. The third kappa shape index (κ3) is 7.19. The molecule has 0 unspecified atom stereocenters. The summed E-state index contributed by atoms with van der Waals surface area (Å²) in [7, 11) is 0. The summed E-state index contributed by atoms with van der Waals surface area (Å²) in [4.78, 5) is 0. The van der Waals surface area contributed by atoms with Gasteiger partial charge in [0, 0.05) is 126 Å². The SMILES string of the molecule is [CH-]=CC1=[C-]C2=C(C=CC2)C1.[V].[W].[W].[Y].[Y].[c-]1ccc2c(c1)C1=C(C=CC1)C2. The Balaban J connectivity index is 0. The number of hydrogen-bond acceptors (Lipinski definition) is 0. The van der Waals surface area contributed by atoms with E-state index in [4.69, 9.17) is 6.58 Å². The summed E-state index contributed by atoms with van der Waals surface area (Å²) >= 11 is 0. The molecular formula is C22H17VW2Y2-3. The summed E-state index contributed by atoms with van der Waals surface area (Å²) in [5, 5.41) is 0. The van der Waals surface area contributed by atoms with E-state index in [2.05, 4.69) is 48.6 Å². The number of hydrogen-bond donors (Lipinski definition) is 0. The van der Waals surface area contributed by atoms with Crippen molar-refractivity contribution in [3.63, 3.8) is 0 Å². The fourth-order valence-corrected chi connectivity index (χ4v) is 3.49. The monoisotopic (exact) mass is 878 g/mol. The van der Waals surface area contributed by atoms with Crippen molar-refractivity contribution >= 4 is 5.57 Å². The first-order chi connectivity index (χ1) is 10.8. The van der Waals surface area contributed by atoms with Crippen LogP contribution in [0.3, 0.4) is 0 Å². The van der Waals surface area contributed by atoms with Crippen molar-refractivity contribution in [3.05, 3.63) is 101 Å². The zero-order valence-electron chi connectivity index (χ0n) is 14.9. The van der Waals surface area contributed by atoms with Gasteiger partial charge in [0.05, 0.1) is 0 Å². The maximum absolute atomic E-state index is 5.36. The molecule has 27 heavy (non-hydrogen) atoms. The van der Waals surface area contributed by atoms with Gasteiger partial charge in [-0.2, -0.15) is 35.4 Å². The molecular weight excluding hydrogens is 861 g/mol. The molecule has 0 bridgehead atoms. The number of allylic oxidation sites excluding steroid dienone is 11. The Hall–Kier alpha value is 1.83. The van der Waals surface area contributed by atoms with Crippen LogP contribution in [0.1, 0.15) is 30.4 Å². The largest absolute Gasteiger partial charge is 0.361 e. The van der Waals surface area contributed by atoms with E-state index in [1.165, 1.54) is 33.4 Å². The van der Waals surface area contributed by atoms with Crippen molar-refractivity contribution in [2.45, 2.75) is 25.7 Å². The summed E-state index contributed by atoms with van der Waals surface area (Å²) in [5.41, 5.74) is 9.81. The smallest absolute Gasteiger partial charge is 0 e. The van der Waals surface area contributed by atoms with Crippen molar-refractivity contribution in [2.75, 3.05) is 0 Å². The fraction of sp³-hybridized carbons (Fsp3) is 0.182. The Bertz CT molecular complexity index is 817. The van der Waals surface area contributed by atoms with Crippen LogP contribution < -0.4 is 0 Å². The molecule has 0 saturated carbocycles. The van der Waals surface area contributed by atoms with Crippen LogP contribution in [0.5, 0.6) is 0 Å². The Morgan fingerprint density at radius 1 is 0.963 bits per heavy atom. The van der Waals surface area contributed by atoms with Crippen molar-refractivity contribution < 1.29 is 126 Å². The molecule has 0 aromatic heterocycles. The van der Waals surface area contributed by atoms with Gasteiger partial charge in [-0.15, -0.1) is 23.6 Å². The summed E-state index contributed by atoms with van der Waals surface area (Å²) in [6, 6.07) is 9.45. The van der Waals surface area contributed by atoms with E-state index >= 15 is 0 Å². The standard InChI is InChI=1S/C12H9.C10H8.V.2W.2Y/c1-2-6-11-9(4-1)8-10-5-3-7-12(10)11;1-2-8-6-9-4-3-5-10(9)7-8;;;;;/h1,3-6H,7-8H2;1-4H,5-6H2;;;;;/q-1;-2;;;;;. The summed E-state index contributed by atoms with van der Waals surface area (Å²) in [5.74, 6) is 0. The van der Waals surface area contributed by atoms with Gasteiger partial charge >= 0.3 is 0 Å². The summed E-state index contributed by atoms with van der Waals surface area (Å²) in [6.07, 6.45) is 18.0. The molecule has 0 amide bonds. The van der Waals surface area contributed by atoms with Crippen LogP contribution in [0, 0.1) is 18.7 Å². The van der Waals surface area contributed by atoms with Crippen molar-refractivity contribution in [2.24, 2.45) is 0 Å². The number of fused-ring (bicyclic) bond motifs is 2. The average molecular weight is 878 g/mol. The van der Waals surface area contributed by atoms with Crippen LogP contribution in [0.25, 0.3) is 5.57 Å². The number of benzene rings is 1. The van der Waals surface area contributed by atoms with Gasteiger partial charge in [0.1, 0.15) is 0 Å². The molecule has 5 rings (SSSR count). The molecule has 0 fully saturated rings. The topological polar surface area (TPSA) is 0 Å². The van der Waals surface area contributed by atoms with Gasteiger partial charge < -0.3 is 18.2 Å². The minimum atomic E-state index is 0. The van der Waals surface area contributed by atoms with E-state index in [1.807, 2.05) is 6.07 Å².